The van der Waals surface area contributed by atoms with Crippen LogP contribution < -0.4 is 0 Å². The average Bonchev–Trinajstić information content (AvgIpc) is 2.14. The van der Waals surface area contributed by atoms with Gasteiger partial charge >= 0.3 is 6.18 Å². The van der Waals surface area contributed by atoms with Gasteiger partial charge in [0.25, 0.3) is 0 Å². The first-order chi connectivity index (χ1) is 7.48. The number of ketones is 1. The van der Waals surface area contributed by atoms with Crippen LogP contribution in [-0.2, 0) is 6.18 Å². The zero-order valence-corrected chi connectivity index (χ0v) is 8.42. The second-order valence-corrected chi connectivity index (χ2v) is 3.92. The lowest BCUT2D eigenvalue weighted by Crippen LogP contribution is -2.22. The van der Waals surface area contributed by atoms with E-state index in [2.05, 4.69) is 4.98 Å². The zero-order valence-electron chi connectivity index (χ0n) is 8.42. The topological polar surface area (TPSA) is 30.0 Å². The summed E-state index contributed by atoms with van der Waals surface area (Å²) >= 11 is 0. The van der Waals surface area contributed by atoms with Crippen molar-refractivity contribution in [1.29, 1.82) is 0 Å². The highest BCUT2D eigenvalue weighted by Crippen LogP contribution is 2.31. The number of halogens is 3. The first-order valence-corrected chi connectivity index (χ1v) is 5.06. The van der Waals surface area contributed by atoms with Crippen LogP contribution in [0.3, 0.4) is 0 Å². The molecule has 1 aliphatic carbocycles. The van der Waals surface area contributed by atoms with Crippen molar-refractivity contribution in [2.45, 2.75) is 25.4 Å². The molecule has 0 radical (unpaired) electrons. The van der Waals surface area contributed by atoms with Gasteiger partial charge < -0.3 is 0 Å². The van der Waals surface area contributed by atoms with Crippen LogP contribution >= 0.6 is 0 Å². The second kappa shape index (κ2) is 3.88. The summed E-state index contributed by atoms with van der Waals surface area (Å²) in [6.07, 6.45) is -0.744. The number of rotatable bonds is 2. The quantitative estimate of drug-likeness (QED) is 0.729. The minimum atomic E-state index is -4.45. The maximum Gasteiger partial charge on any atom is 0.433 e. The number of carbonyl (C=O) groups is 1. The normalized spacial score (nSPS) is 16.9. The van der Waals surface area contributed by atoms with Gasteiger partial charge in [-0.15, -0.1) is 0 Å². The molecule has 0 aromatic carbocycles. The highest BCUT2D eigenvalue weighted by molar-refractivity contribution is 5.98. The lowest BCUT2D eigenvalue weighted by Gasteiger charge is -2.23. The van der Waals surface area contributed by atoms with E-state index >= 15 is 0 Å². The van der Waals surface area contributed by atoms with E-state index in [9.17, 15) is 18.0 Å². The number of hydrogen-bond donors (Lipinski definition) is 0. The fraction of sp³-hybridized carbons (Fsp3) is 0.455. The number of hydrogen-bond acceptors (Lipinski definition) is 2. The Balaban J connectivity index is 2.15. The first-order valence-electron chi connectivity index (χ1n) is 5.06. The van der Waals surface area contributed by atoms with Crippen molar-refractivity contribution in [2.75, 3.05) is 0 Å². The largest absolute Gasteiger partial charge is 0.433 e. The van der Waals surface area contributed by atoms with Crippen LogP contribution in [0, 0.1) is 5.92 Å². The van der Waals surface area contributed by atoms with Crippen molar-refractivity contribution in [3.8, 4) is 0 Å². The van der Waals surface area contributed by atoms with Crippen LogP contribution in [0.4, 0.5) is 13.2 Å². The van der Waals surface area contributed by atoms with Gasteiger partial charge in [0, 0.05) is 17.7 Å². The molecule has 1 heterocycles. The Morgan fingerprint density at radius 3 is 2.38 bits per heavy atom. The molecule has 16 heavy (non-hydrogen) atoms. The molecule has 86 valence electrons. The Bertz CT molecular complexity index is 393. The Morgan fingerprint density at radius 2 is 2.00 bits per heavy atom. The van der Waals surface area contributed by atoms with Crippen molar-refractivity contribution in [3.63, 3.8) is 0 Å². The van der Waals surface area contributed by atoms with Crippen molar-refractivity contribution in [3.05, 3.63) is 29.6 Å². The number of nitrogens with zero attached hydrogens (tertiary/aromatic N) is 1. The average molecular weight is 229 g/mol. The number of pyridine rings is 1. The Morgan fingerprint density at radius 1 is 1.31 bits per heavy atom. The van der Waals surface area contributed by atoms with Gasteiger partial charge in [0.2, 0.25) is 0 Å². The maximum atomic E-state index is 12.2. The van der Waals surface area contributed by atoms with E-state index in [-0.39, 0.29) is 17.3 Å². The number of carbonyl (C=O) groups excluding carboxylic acids is 1. The molecular weight excluding hydrogens is 219 g/mol. The molecule has 2 nitrogen and oxygen atoms in total. The summed E-state index contributed by atoms with van der Waals surface area (Å²) in [7, 11) is 0. The van der Waals surface area contributed by atoms with Crippen LogP contribution in [0.2, 0.25) is 0 Å². The first kappa shape index (κ1) is 11.1. The van der Waals surface area contributed by atoms with Gasteiger partial charge in [-0.25, -0.2) is 0 Å². The third-order valence-corrected chi connectivity index (χ3v) is 2.81. The molecule has 1 saturated carbocycles. The third kappa shape index (κ3) is 2.08. The molecule has 0 saturated heterocycles. The summed E-state index contributed by atoms with van der Waals surface area (Å²) < 4.78 is 36.6. The summed E-state index contributed by atoms with van der Waals surface area (Å²) in [6.45, 7) is 0. The van der Waals surface area contributed by atoms with Gasteiger partial charge in [-0.2, -0.15) is 13.2 Å². The predicted molar refractivity (Wildman–Crippen MR) is 50.9 cm³/mol. The zero-order chi connectivity index (χ0) is 11.8. The molecular formula is C11H10F3NO. The highest BCUT2D eigenvalue weighted by atomic mass is 19.4. The van der Waals surface area contributed by atoms with Crippen LogP contribution in [0.5, 0.6) is 0 Å². The predicted octanol–water partition coefficient (Wildman–Crippen LogP) is 3.08. The molecule has 0 spiro atoms. The SMILES string of the molecule is O=C(c1ccc(C(F)(F)F)nc1)C1CCC1. The maximum absolute atomic E-state index is 12.2. The number of aromatic nitrogens is 1. The smallest absolute Gasteiger partial charge is 0.294 e. The summed E-state index contributed by atoms with van der Waals surface area (Å²) in [5, 5.41) is 0. The fourth-order valence-corrected chi connectivity index (χ4v) is 1.61. The van der Waals surface area contributed by atoms with Gasteiger partial charge in [0.15, 0.2) is 5.78 Å². The summed E-state index contributed by atoms with van der Waals surface area (Å²) in [5.41, 5.74) is -0.685. The van der Waals surface area contributed by atoms with Gasteiger partial charge in [-0.3, -0.25) is 9.78 Å². The molecule has 0 aliphatic heterocycles. The van der Waals surface area contributed by atoms with E-state index in [4.69, 9.17) is 0 Å². The molecule has 0 atom stereocenters. The van der Waals surface area contributed by atoms with E-state index in [1.807, 2.05) is 0 Å². The lowest BCUT2D eigenvalue weighted by molar-refractivity contribution is -0.141. The van der Waals surface area contributed by atoms with Crippen molar-refractivity contribution in [2.24, 2.45) is 5.92 Å². The van der Waals surface area contributed by atoms with Crippen molar-refractivity contribution < 1.29 is 18.0 Å². The monoisotopic (exact) mass is 229 g/mol. The van der Waals surface area contributed by atoms with E-state index in [0.717, 1.165) is 31.5 Å². The lowest BCUT2D eigenvalue weighted by atomic mass is 9.80. The standard InChI is InChI=1S/C11H10F3NO/c12-11(13,14)9-5-4-8(6-15-9)10(16)7-2-1-3-7/h4-7H,1-3H2. The van der Waals surface area contributed by atoms with E-state index in [1.54, 1.807) is 0 Å². The molecule has 1 aliphatic rings. The van der Waals surface area contributed by atoms with Gasteiger partial charge in [0.1, 0.15) is 5.69 Å². The fourth-order valence-electron chi connectivity index (χ4n) is 1.61. The molecule has 1 aromatic rings. The van der Waals surface area contributed by atoms with E-state index < -0.39 is 11.9 Å². The van der Waals surface area contributed by atoms with Gasteiger partial charge in [-0.05, 0) is 25.0 Å². The van der Waals surface area contributed by atoms with Crippen molar-refractivity contribution >= 4 is 5.78 Å². The molecule has 2 rings (SSSR count). The molecule has 0 amide bonds. The van der Waals surface area contributed by atoms with Gasteiger partial charge in [-0.1, -0.05) is 6.42 Å². The Labute approximate surface area is 90.5 Å². The van der Waals surface area contributed by atoms with E-state index in [0.29, 0.717) is 0 Å². The van der Waals surface area contributed by atoms with Crippen LogP contribution in [0.15, 0.2) is 18.3 Å². The summed E-state index contributed by atoms with van der Waals surface area (Å²) in [5.74, 6) is -0.106. The van der Waals surface area contributed by atoms with E-state index in [1.165, 1.54) is 6.07 Å². The number of alkyl halides is 3. The summed E-state index contributed by atoms with van der Waals surface area (Å²) in [6, 6.07) is 2.06. The molecule has 0 N–H and O–H groups in total. The second-order valence-electron chi connectivity index (χ2n) is 3.92. The molecule has 5 heteroatoms. The van der Waals surface area contributed by atoms with Crippen LogP contribution in [-0.4, -0.2) is 10.8 Å². The number of Topliss-reactive ketones (excluding diaryl/α,β-unsaturated/α-hetero) is 1. The third-order valence-electron chi connectivity index (χ3n) is 2.81. The van der Waals surface area contributed by atoms with Crippen LogP contribution in [0.25, 0.3) is 0 Å². The minimum absolute atomic E-state index is 0.0152. The highest BCUT2D eigenvalue weighted by Gasteiger charge is 2.33. The minimum Gasteiger partial charge on any atom is -0.294 e. The summed E-state index contributed by atoms with van der Waals surface area (Å²) in [4.78, 5) is 14.9. The van der Waals surface area contributed by atoms with Crippen LogP contribution in [0.1, 0.15) is 35.3 Å². The molecule has 0 bridgehead atoms. The Hall–Kier alpha value is -1.39. The Kier molecular flexibility index (Phi) is 2.69. The molecule has 1 aromatic heterocycles. The van der Waals surface area contributed by atoms with Gasteiger partial charge in [0.05, 0.1) is 0 Å². The molecule has 1 fully saturated rings. The van der Waals surface area contributed by atoms with Crippen molar-refractivity contribution in [1.82, 2.24) is 4.98 Å². The molecule has 0 unspecified atom stereocenters.